The highest BCUT2D eigenvalue weighted by Gasteiger charge is 2.31. The third-order valence-corrected chi connectivity index (χ3v) is 2.79. The summed E-state index contributed by atoms with van der Waals surface area (Å²) in [6.45, 7) is 5.38. The zero-order valence-electron chi connectivity index (χ0n) is 10.8. The molecule has 3 nitrogen and oxygen atoms in total. The zero-order valence-corrected chi connectivity index (χ0v) is 10.8. The third-order valence-electron chi connectivity index (χ3n) is 2.79. The minimum absolute atomic E-state index is 0.0297. The third kappa shape index (κ3) is 4.58. The van der Waals surface area contributed by atoms with Crippen LogP contribution in [-0.2, 0) is 4.74 Å². The van der Waals surface area contributed by atoms with Crippen LogP contribution >= 0.6 is 0 Å². The molecule has 0 aromatic heterocycles. The number of nitrogens with zero attached hydrogens (tertiary/aromatic N) is 1. The lowest BCUT2D eigenvalue weighted by Gasteiger charge is -2.31. The van der Waals surface area contributed by atoms with E-state index in [1.165, 1.54) is 10.5 Å². The van der Waals surface area contributed by atoms with Gasteiger partial charge in [0.15, 0.2) is 6.61 Å². The van der Waals surface area contributed by atoms with E-state index in [-0.39, 0.29) is 5.41 Å². The molecule has 0 spiro atoms. The van der Waals surface area contributed by atoms with E-state index >= 15 is 0 Å². The van der Waals surface area contributed by atoms with Crippen molar-refractivity contribution in [1.29, 1.82) is 0 Å². The number of amides is 1. The van der Waals surface area contributed by atoms with Crippen LogP contribution in [0.3, 0.4) is 0 Å². The Balaban J connectivity index is 2.48. The summed E-state index contributed by atoms with van der Waals surface area (Å²) in [6, 6.07) is 0. The molecule has 1 rings (SSSR count). The van der Waals surface area contributed by atoms with E-state index in [1.807, 2.05) is 6.08 Å². The van der Waals surface area contributed by atoms with Crippen LogP contribution in [0.15, 0.2) is 11.6 Å². The highest BCUT2D eigenvalue weighted by Crippen LogP contribution is 2.30. The smallest absolute Gasteiger partial charge is 0.422 e. The Hall–Kier alpha value is -1.20. The SMILES string of the molecule is CC(C)(C)C1=CCN(C(=O)OCC(F)(F)F)CC1. The van der Waals surface area contributed by atoms with Gasteiger partial charge in [-0.15, -0.1) is 0 Å². The van der Waals surface area contributed by atoms with Crippen LogP contribution < -0.4 is 0 Å². The summed E-state index contributed by atoms with van der Waals surface area (Å²) in [7, 11) is 0. The van der Waals surface area contributed by atoms with E-state index in [2.05, 4.69) is 25.5 Å². The Kier molecular flexibility index (Phi) is 4.29. The van der Waals surface area contributed by atoms with Crippen molar-refractivity contribution in [2.45, 2.75) is 33.4 Å². The molecule has 0 radical (unpaired) electrons. The second-order valence-electron chi connectivity index (χ2n) is 5.35. The Bertz CT molecular complexity index is 342. The fourth-order valence-electron chi connectivity index (χ4n) is 1.75. The first kappa shape index (κ1) is 14.9. The number of rotatable bonds is 1. The van der Waals surface area contributed by atoms with Gasteiger partial charge >= 0.3 is 12.3 Å². The second kappa shape index (κ2) is 5.20. The summed E-state index contributed by atoms with van der Waals surface area (Å²) in [4.78, 5) is 12.7. The van der Waals surface area contributed by atoms with Gasteiger partial charge < -0.3 is 9.64 Å². The summed E-state index contributed by atoms with van der Waals surface area (Å²) >= 11 is 0. The molecule has 0 fully saturated rings. The largest absolute Gasteiger partial charge is 0.440 e. The molecular weight excluding hydrogens is 247 g/mol. The van der Waals surface area contributed by atoms with Gasteiger partial charge in [0.1, 0.15) is 0 Å². The molecule has 0 atom stereocenters. The van der Waals surface area contributed by atoms with Crippen molar-refractivity contribution in [2.75, 3.05) is 19.7 Å². The molecule has 0 N–H and O–H groups in total. The van der Waals surface area contributed by atoms with E-state index in [1.54, 1.807) is 0 Å². The first-order chi connectivity index (χ1) is 8.09. The van der Waals surface area contributed by atoms with Crippen molar-refractivity contribution in [1.82, 2.24) is 4.90 Å². The van der Waals surface area contributed by atoms with Crippen LogP contribution in [0.1, 0.15) is 27.2 Å². The Morgan fingerprint density at radius 3 is 2.39 bits per heavy atom. The minimum atomic E-state index is -4.47. The van der Waals surface area contributed by atoms with E-state index in [9.17, 15) is 18.0 Å². The lowest BCUT2D eigenvalue weighted by atomic mass is 9.83. The van der Waals surface area contributed by atoms with Crippen LogP contribution in [0.25, 0.3) is 0 Å². The van der Waals surface area contributed by atoms with Gasteiger partial charge in [-0.05, 0) is 11.8 Å². The molecular formula is C12H18F3NO2. The average Bonchev–Trinajstić information content (AvgIpc) is 2.24. The summed E-state index contributed by atoms with van der Waals surface area (Å²) in [6.07, 6.45) is -2.82. The molecule has 0 aromatic rings. The van der Waals surface area contributed by atoms with E-state index in [0.29, 0.717) is 19.5 Å². The normalized spacial score (nSPS) is 17.4. The maximum atomic E-state index is 11.9. The highest BCUT2D eigenvalue weighted by molar-refractivity contribution is 5.68. The van der Waals surface area contributed by atoms with Gasteiger partial charge in [0.05, 0.1) is 0 Å². The number of hydrogen-bond acceptors (Lipinski definition) is 2. The van der Waals surface area contributed by atoms with Crippen LogP contribution in [-0.4, -0.2) is 36.9 Å². The molecule has 0 aromatic carbocycles. The quantitative estimate of drug-likeness (QED) is 0.680. The number of hydrogen-bond donors (Lipinski definition) is 0. The Labute approximate surface area is 105 Å². The van der Waals surface area contributed by atoms with Gasteiger partial charge in [0.25, 0.3) is 0 Å². The fraction of sp³-hybridized carbons (Fsp3) is 0.750. The lowest BCUT2D eigenvalue weighted by molar-refractivity contribution is -0.162. The van der Waals surface area contributed by atoms with Gasteiger partial charge in [0, 0.05) is 13.1 Å². The van der Waals surface area contributed by atoms with E-state index in [0.717, 1.165) is 0 Å². The Morgan fingerprint density at radius 2 is 2.00 bits per heavy atom. The predicted molar refractivity (Wildman–Crippen MR) is 61.1 cm³/mol. The zero-order chi connectivity index (χ0) is 14.0. The number of carbonyl (C=O) groups excluding carboxylic acids is 1. The molecule has 6 heteroatoms. The van der Waals surface area contributed by atoms with Crippen LogP contribution in [0.4, 0.5) is 18.0 Å². The summed E-state index contributed by atoms with van der Waals surface area (Å²) in [5.41, 5.74) is 1.24. The van der Waals surface area contributed by atoms with Gasteiger partial charge in [-0.3, -0.25) is 0 Å². The average molecular weight is 265 g/mol. The first-order valence-corrected chi connectivity index (χ1v) is 5.77. The van der Waals surface area contributed by atoms with Crippen molar-refractivity contribution in [3.63, 3.8) is 0 Å². The molecule has 0 bridgehead atoms. The molecule has 104 valence electrons. The molecule has 0 saturated carbocycles. The highest BCUT2D eigenvalue weighted by atomic mass is 19.4. The van der Waals surface area contributed by atoms with E-state index in [4.69, 9.17) is 0 Å². The van der Waals surface area contributed by atoms with Crippen molar-refractivity contribution >= 4 is 6.09 Å². The molecule has 0 unspecified atom stereocenters. The number of halogens is 3. The first-order valence-electron chi connectivity index (χ1n) is 5.77. The van der Waals surface area contributed by atoms with Gasteiger partial charge in [-0.2, -0.15) is 13.2 Å². The summed E-state index contributed by atoms with van der Waals surface area (Å²) in [5.74, 6) is 0. The van der Waals surface area contributed by atoms with Gasteiger partial charge in [0.2, 0.25) is 0 Å². The van der Waals surface area contributed by atoms with Crippen molar-refractivity contribution in [2.24, 2.45) is 5.41 Å². The molecule has 1 aliphatic rings. The molecule has 1 aliphatic heterocycles. The monoisotopic (exact) mass is 265 g/mol. The topological polar surface area (TPSA) is 29.5 Å². The Morgan fingerprint density at radius 1 is 1.39 bits per heavy atom. The predicted octanol–water partition coefficient (Wildman–Crippen LogP) is 3.36. The lowest BCUT2D eigenvalue weighted by Crippen LogP contribution is -2.38. The summed E-state index contributed by atoms with van der Waals surface area (Å²) in [5, 5.41) is 0. The molecule has 0 aliphatic carbocycles. The maximum absolute atomic E-state index is 11.9. The van der Waals surface area contributed by atoms with E-state index < -0.39 is 18.9 Å². The van der Waals surface area contributed by atoms with Gasteiger partial charge in [-0.1, -0.05) is 32.4 Å². The maximum Gasteiger partial charge on any atom is 0.422 e. The van der Waals surface area contributed by atoms with Crippen molar-refractivity contribution in [3.8, 4) is 0 Å². The van der Waals surface area contributed by atoms with Crippen LogP contribution in [0.5, 0.6) is 0 Å². The second-order valence-corrected chi connectivity index (χ2v) is 5.35. The minimum Gasteiger partial charge on any atom is -0.440 e. The number of carbonyl (C=O) groups is 1. The van der Waals surface area contributed by atoms with Gasteiger partial charge in [-0.25, -0.2) is 4.79 Å². The van der Waals surface area contributed by atoms with Crippen molar-refractivity contribution in [3.05, 3.63) is 11.6 Å². The van der Waals surface area contributed by atoms with Crippen LogP contribution in [0, 0.1) is 5.41 Å². The number of alkyl halides is 3. The molecule has 18 heavy (non-hydrogen) atoms. The summed E-state index contributed by atoms with van der Waals surface area (Å²) < 4.78 is 39.9. The van der Waals surface area contributed by atoms with Crippen LogP contribution in [0.2, 0.25) is 0 Å². The standard InChI is InChI=1S/C12H18F3NO2/c1-11(2,3)9-4-6-16(7-5-9)10(17)18-8-12(13,14)15/h4H,5-8H2,1-3H3. The van der Waals surface area contributed by atoms with Crippen molar-refractivity contribution < 1.29 is 22.7 Å². The number of ether oxygens (including phenoxy) is 1. The molecule has 0 saturated heterocycles. The molecule has 1 amide bonds. The molecule has 1 heterocycles. The fourth-order valence-corrected chi connectivity index (χ4v) is 1.75.